The molecule has 1 heterocycles. The van der Waals surface area contributed by atoms with Crippen molar-refractivity contribution in [3.63, 3.8) is 0 Å². The Hall–Kier alpha value is -2.31. The first-order chi connectivity index (χ1) is 9.29. The first-order valence-corrected chi connectivity index (χ1v) is 5.49. The number of halogens is 4. The molecule has 0 fully saturated rings. The van der Waals surface area contributed by atoms with Gasteiger partial charge in [-0.2, -0.15) is 13.2 Å². The lowest BCUT2D eigenvalue weighted by Crippen LogP contribution is -2.11. The van der Waals surface area contributed by atoms with Crippen molar-refractivity contribution in [1.29, 1.82) is 0 Å². The van der Waals surface area contributed by atoms with Crippen LogP contribution in [-0.2, 0) is 6.18 Å². The first kappa shape index (κ1) is 14.1. The summed E-state index contributed by atoms with van der Waals surface area (Å²) in [7, 11) is 0. The third-order valence-corrected chi connectivity index (χ3v) is 2.52. The minimum absolute atomic E-state index is 0.199. The monoisotopic (exact) mass is 284 g/mol. The van der Waals surface area contributed by atoms with Gasteiger partial charge in [0.1, 0.15) is 5.82 Å². The molecule has 20 heavy (non-hydrogen) atoms. The van der Waals surface area contributed by atoms with Crippen LogP contribution in [0.2, 0.25) is 0 Å². The second-order valence-electron chi connectivity index (χ2n) is 4.11. The summed E-state index contributed by atoms with van der Waals surface area (Å²) in [5.41, 5.74) is -0.932. The maximum absolute atomic E-state index is 13.4. The van der Waals surface area contributed by atoms with Crippen molar-refractivity contribution >= 4 is 5.78 Å². The normalized spacial score (nSPS) is 11.4. The van der Waals surface area contributed by atoms with Crippen LogP contribution in [0.1, 0.15) is 27.3 Å². The van der Waals surface area contributed by atoms with Gasteiger partial charge in [0.25, 0.3) is 0 Å². The number of hydrogen-bond acceptors (Lipinski definition) is 3. The lowest BCUT2D eigenvalue weighted by Gasteiger charge is -2.08. The van der Waals surface area contributed by atoms with E-state index < -0.39 is 23.3 Å². The number of hydrogen-bond donors (Lipinski definition) is 0. The van der Waals surface area contributed by atoms with Crippen LogP contribution in [0.4, 0.5) is 17.6 Å². The van der Waals surface area contributed by atoms with Crippen molar-refractivity contribution in [2.45, 2.75) is 13.1 Å². The third kappa shape index (κ3) is 2.81. The van der Waals surface area contributed by atoms with Gasteiger partial charge in [-0.1, -0.05) is 6.07 Å². The van der Waals surface area contributed by atoms with Crippen LogP contribution in [0.15, 0.2) is 30.6 Å². The standard InChI is InChI=1S/C13H8F4N2O/c1-7-5-18-12(19-6-7)11(20)8-2-3-9(10(14)4-8)13(15,16)17/h2-6H,1H3. The summed E-state index contributed by atoms with van der Waals surface area (Å²) in [5.74, 6) is -2.44. The molecule has 0 spiro atoms. The number of benzene rings is 1. The number of aryl methyl sites for hydroxylation is 1. The van der Waals surface area contributed by atoms with Crippen LogP contribution in [0, 0.1) is 12.7 Å². The van der Waals surface area contributed by atoms with E-state index in [4.69, 9.17) is 0 Å². The minimum Gasteiger partial charge on any atom is -0.285 e. The molecule has 3 nitrogen and oxygen atoms in total. The minimum atomic E-state index is -4.80. The van der Waals surface area contributed by atoms with Crippen LogP contribution < -0.4 is 0 Å². The molecule has 0 aliphatic rings. The summed E-state index contributed by atoms with van der Waals surface area (Å²) in [6.45, 7) is 1.71. The van der Waals surface area contributed by atoms with Gasteiger partial charge >= 0.3 is 6.18 Å². The molecule has 0 radical (unpaired) electrons. The van der Waals surface area contributed by atoms with E-state index in [1.165, 1.54) is 12.4 Å². The highest BCUT2D eigenvalue weighted by atomic mass is 19.4. The number of ketones is 1. The Balaban J connectivity index is 2.37. The van der Waals surface area contributed by atoms with Gasteiger partial charge in [-0.05, 0) is 24.6 Å². The molecular formula is C13H8F4N2O. The number of carbonyl (C=O) groups is 1. The summed E-state index contributed by atoms with van der Waals surface area (Å²) in [6, 6.07) is 1.96. The molecule has 7 heteroatoms. The van der Waals surface area contributed by atoms with Crippen LogP contribution >= 0.6 is 0 Å². The van der Waals surface area contributed by atoms with Crippen molar-refractivity contribution in [2.75, 3.05) is 0 Å². The molecule has 0 amide bonds. The van der Waals surface area contributed by atoms with E-state index in [-0.39, 0.29) is 11.4 Å². The first-order valence-electron chi connectivity index (χ1n) is 5.49. The molecular weight excluding hydrogens is 276 g/mol. The predicted molar refractivity (Wildman–Crippen MR) is 61.6 cm³/mol. The van der Waals surface area contributed by atoms with E-state index in [0.717, 1.165) is 11.6 Å². The van der Waals surface area contributed by atoms with Gasteiger partial charge in [0.05, 0.1) is 5.56 Å². The fourth-order valence-electron chi connectivity index (χ4n) is 1.53. The summed E-state index contributed by atoms with van der Waals surface area (Å²) >= 11 is 0. The Bertz CT molecular complexity index is 650. The van der Waals surface area contributed by atoms with Crippen LogP contribution in [0.5, 0.6) is 0 Å². The fourth-order valence-corrected chi connectivity index (χ4v) is 1.53. The highest BCUT2D eigenvalue weighted by molar-refractivity contribution is 6.06. The number of rotatable bonds is 2. The van der Waals surface area contributed by atoms with Crippen molar-refractivity contribution in [3.05, 3.63) is 58.9 Å². The zero-order valence-electron chi connectivity index (χ0n) is 10.2. The molecule has 0 unspecified atom stereocenters. The second kappa shape index (κ2) is 4.99. The topological polar surface area (TPSA) is 42.9 Å². The highest BCUT2D eigenvalue weighted by Gasteiger charge is 2.34. The number of nitrogens with zero attached hydrogens (tertiary/aromatic N) is 2. The van der Waals surface area contributed by atoms with Gasteiger partial charge in [0.15, 0.2) is 0 Å². The number of carbonyl (C=O) groups excluding carboxylic acids is 1. The largest absolute Gasteiger partial charge is 0.419 e. The Labute approximate surface area is 111 Å². The average molecular weight is 284 g/mol. The molecule has 0 atom stereocenters. The summed E-state index contributed by atoms with van der Waals surface area (Å²) in [4.78, 5) is 19.4. The van der Waals surface area contributed by atoms with Crippen LogP contribution in [0.3, 0.4) is 0 Å². The predicted octanol–water partition coefficient (Wildman–Crippen LogP) is 3.17. The Morgan fingerprint density at radius 2 is 1.75 bits per heavy atom. The van der Waals surface area contributed by atoms with Crippen molar-refractivity contribution < 1.29 is 22.4 Å². The van der Waals surface area contributed by atoms with Crippen molar-refractivity contribution in [2.24, 2.45) is 0 Å². The molecule has 0 bridgehead atoms. The summed E-state index contributed by atoms with van der Waals surface area (Å²) in [6.07, 6.45) is -2.02. The molecule has 0 aliphatic carbocycles. The smallest absolute Gasteiger partial charge is 0.285 e. The zero-order valence-corrected chi connectivity index (χ0v) is 10.2. The van der Waals surface area contributed by atoms with E-state index in [2.05, 4.69) is 9.97 Å². The Morgan fingerprint density at radius 1 is 1.15 bits per heavy atom. The molecule has 0 saturated heterocycles. The molecule has 2 rings (SSSR count). The van der Waals surface area contributed by atoms with Gasteiger partial charge in [0.2, 0.25) is 11.6 Å². The Morgan fingerprint density at radius 3 is 2.25 bits per heavy atom. The maximum Gasteiger partial charge on any atom is 0.419 e. The van der Waals surface area contributed by atoms with Crippen LogP contribution in [0.25, 0.3) is 0 Å². The Kier molecular flexibility index (Phi) is 3.52. The molecule has 0 N–H and O–H groups in total. The van der Waals surface area contributed by atoms with E-state index in [9.17, 15) is 22.4 Å². The van der Waals surface area contributed by atoms with Crippen molar-refractivity contribution in [3.8, 4) is 0 Å². The quantitative estimate of drug-likeness (QED) is 0.628. The zero-order chi connectivity index (χ0) is 14.9. The van der Waals surface area contributed by atoms with E-state index >= 15 is 0 Å². The van der Waals surface area contributed by atoms with Gasteiger partial charge < -0.3 is 0 Å². The molecule has 0 saturated carbocycles. The molecule has 1 aromatic carbocycles. The van der Waals surface area contributed by atoms with Gasteiger partial charge in [-0.25, -0.2) is 14.4 Å². The molecule has 2 aromatic rings. The lowest BCUT2D eigenvalue weighted by molar-refractivity contribution is -0.140. The number of alkyl halides is 3. The van der Waals surface area contributed by atoms with E-state index in [0.29, 0.717) is 12.1 Å². The van der Waals surface area contributed by atoms with E-state index in [1.54, 1.807) is 6.92 Å². The SMILES string of the molecule is Cc1cnc(C(=O)c2ccc(C(F)(F)F)c(F)c2)nc1. The van der Waals surface area contributed by atoms with Gasteiger partial charge in [-0.15, -0.1) is 0 Å². The van der Waals surface area contributed by atoms with Crippen molar-refractivity contribution in [1.82, 2.24) is 9.97 Å². The summed E-state index contributed by atoms with van der Waals surface area (Å²) < 4.78 is 50.6. The molecule has 0 aliphatic heterocycles. The molecule has 104 valence electrons. The fraction of sp³-hybridized carbons (Fsp3) is 0.154. The number of aromatic nitrogens is 2. The van der Waals surface area contributed by atoms with Crippen LogP contribution in [-0.4, -0.2) is 15.8 Å². The lowest BCUT2D eigenvalue weighted by atomic mass is 10.1. The average Bonchev–Trinajstić information content (AvgIpc) is 2.37. The van der Waals surface area contributed by atoms with Gasteiger partial charge in [-0.3, -0.25) is 4.79 Å². The maximum atomic E-state index is 13.4. The third-order valence-electron chi connectivity index (χ3n) is 2.52. The second-order valence-corrected chi connectivity index (χ2v) is 4.11. The molecule has 1 aromatic heterocycles. The van der Waals surface area contributed by atoms with E-state index in [1.807, 2.05) is 0 Å². The summed E-state index contributed by atoms with van der Waals surface area (Å²) in [5, 5.41) is 0. The van der Waals surface area contributed by atoms with Gasteiger partial charge in [0, 0.05) is 18.0 Å². The highest BCUT2D eigenvalue weighted by Crippen LogP contribution is 2.31.